The van der Waals surface area contributed by atoms with Gasteiger partial charge < -0.3 is 10.6 Å². The van der Waals surface area contributed by atoms with Crippen molar-refractivity contribution in [3.05, 3.63) is 0 Å². The van der Waals surface area contributed by atoms with Crippen LogP contribution in [0.2, 0.25) is 0 Å². The topological polar surface area (TPSA) is 24.1 Å². The Morgan fingerprint density at radius 2 is 1.83 bits per heavy atom. The van der Waals surface area contributed by atoms with Gasteiger partial charge in [-0.05, 0) is 75.2 Å². The van der Waals surface area contributed by atoms with Crippen LogP contribution in [0.15, 0.2) is 0 Å². The van der Waals surface area contributed by atoms with Crippen molar-refractivity contribution in [2.45, 2.75) is 58.4 Å². The van der Waals surface area contributed by atoms with Gasteiger partial charge in [-0.1, -0.05) is 6.92 Å². The Hall–Kier alpha value is -0.0800. The average molecular weight is 250 g/mol. The first-order valence-electron chi connectivity index (χ1n) is 7.91. The third-order valence-corrected chi connectivity index (χ3v) is 5.81. The Kier molecular flexibility index (Phi) is 3.22. The fourth-order valence-corrected chi connectivity index (χ4v) is 5.90. The van der Waals surface area contributed by atoms with Crippen LogP contribution >= 0.6 is 0 Å². The van der Waals surface area contributed by atoms with Crippen molar-refractivity contribution in [2.75, 3.05) is 20.1 Å². The van der Waals surface area contributed by atoms with E-state index < -0.39 is 0 Å². The van der Waals surface area contributed by atoms with Crippen LogP contribution in [0.3, 0.4) is 0 Å². The third kappa shape index (κ3) is 2.34. The van der Waals surface area contributed by atoms with Gasteiger partial charge in [-0.15, -0.1) is 0 Å². The van der Waals surface area contributed by atoms with E-state index in [4.69, 9.17) is 0 Å². The van der Waals surface area contributed by atoms with Crippen LogP contribution in [0, 0.1) is 22.7 Å². The molecule has 4 aliphatic rings. The van der Waals surface area contributed by atoms with Crippen LogP contribution in [0.25, 0.3) is 0 Å². The van der Waals surface area contributed by atoms with E-state index in [0.717, 1.165) is 18.4 Å². The van der Waals surface area contributed by atoms with Crippen LogP contribution in [-0.2, 0) is 0 Å². The van der Waals surface area contributed by atoms with E-state index in [2.05, 4.69) is 24.5 Å². The molecule has 2 heteroatoms. The Morgan fingerprint density at radius 1 is 1.17 bits per heavy atom. The van der Waals surface area contributed by atoms with Gasteiger partial charge >= 0.3 is 0 Å². The third-order valence-electron chi connectivity index (χ3n) is 5.81. The Labute approximate surface area is 112 Å². The van der Waals surface area contributed by atoms with Crippen molar-refractivity contribution in [3.63, 3.8) is 0 Å². The van der Waals surface area contributed by atoms with Gasteiger partial charge in [0.25, 0.3) is 0 Å². The highest BCUT2D eigenvalue weighted by molar-refractivity contribution is 5.06. The minimum absolute atomic E-state index is 0.607. The fourth-order valence-electron chi connectivity index (χ4n) is 5.90. The SMILES string of the molecule is CNCC(C)NCC12CC3CC(CC(C)(C3)C1)C2. The van der Waals surface area contributed by atoms with Gasteiger partial charge in [0.15, 0.2) is 0 Å². The molecule has 4 fully saturated rings. The van der Waals surface area contributed by atoms with Gasteiger partial charge in [0, 0.05) is 19.1 Å². The molecule has 2 nitrogen and oxygen atoms in total. The van der Waals surface area contributed by atoms with Gasteiger partial charge in [0.05, 0.1) is 0 Å². The second kappa shape index (κ2) is 4.49. The summed E-state index contributed by atoms with van der Waals surface area (Å²) in [5.41, 5.74) is 1.35. The molecule has 0 aliphatic heterocycles. The summed E-state index contributed by atoms with van der Waals surface area (Å²) < 4.78 is 0. The first-order valence-corrected chi connectivity index (χ1v) is 7.91. The average Bonchev–Trinajstić information content (AvgIpc) is 2.23. The summed E-state index contributed by atoms with van der Waals surface area (Å²) in [7, 11) is 2.05. The predicted molar refractivity (Wildman–Crippen MR) is 76.6 cm³/mol. The minimum Gasteiger partial charge on any atom is -0.318 e. The van der Waals surface area contributed by atoms with Crippen molar-refractivity contribution < 1.29 is 0 Å². The van der Waals surface area contributed by atoms with Crippen LogP contribution in [0.5, 0.6) is 0 Å². The molecule has 3 atom stereocenters. The summed E-state index contributed by atoms with van der Waals surface area (Å²) in [5, 5.41) is 7.07. The molecule has 0 heterocycles. The zero-order valence-electron chi connectivity index (χ0n) is 12.4. The second-order valence-corrected chi connectivity index (χ2v) is 8.11. The van der Waals surface area contributed by atoms with Crippen LogP contribution in [0.4, 0.5) is 0 Å². The van der Waals surface area contributed by atoms with Crippen molar-refractivity contribution in [1.29, 1.82) is 0 Å². The van der Waals surface area contributed by atoms with E-state index in [9.17, 15) is 0 Å². The second-order valence-electron chi connectivity index (χ2n) is 8.11. The van der Waals surface area contributed by atoms with E-state index in [1.807, 2.05) is 7.05 Å². The maximum atomic E-state index is 3.80. The highest BCUT2D eigenvalue weighted by atomic mass is 15.0. The lowest BCUT2D eigenvalue weighted by molar-refractivity contribution is -0.100. The van der Waals surface area contributed by atoms with Crippen LogP contribution < -0.4 is 10.6 Å². The van der Waals surface area contributed by atoms with Gasteiger partial charge in [-0.2, -0.15) is 0 Å². The molecule has 0 aromatic carbocycles. The van der Waals surface area contributed by atoms with Crippen molar-refractivity contribution in [2.24, 2.45) is 22.7 Å². The van der Waals surface area contributed by atoms with Gasteiger partial charge in [0.2, 0.25) is 0 Å². The van der Waals surface area contributed by atoms with Crippen LogP contribution in [0.1, 0.15) is 52.4 Å². The van der Waals surface area contributed by atoms with Crippen molar-refractivity contribution >= 4 is 0 Å². The lowest BCUT2D eigenvalue weighted by Crippen LogP contribution is -2.55. The van der Waals surface area contributed by atoms with E-state index in [-0.39, 0.29) is 0 Å². The molecule has 0 spiro atoms. The molecular formula is C16H30N2. The molecule has 4 aliphatic carbocycles. The molecule has 0 saturated heterocycles. The Bertz CT molecular complexity index is 298. The molecule has 4 rings (SSSR count). The largest absolute Gasteiger partial charge is 0.318 e. The first kappa shape index (κ1) is 12.9. The molecule has 4 bridgehead atoms. The maximum absolute atomic E-state index is 3.80. The van der Waals surface area contributed by atoms with E-state index in [1.165, 1.54) is 38.6 Å². The number of hydrogen-bond donors (Lipinski definition) is 2. The Morgan fingerprint density at radius 3 is 2.39 bits per heavy atom. The number of rotatable bonds is 5. The summed E-state index contributed by atoms with van der Waals surface area (Å²) in [5.74, 6) is 2.11. The number of nitrogens with one attached hydrogen (secondary N) is 2. The quantitative estimate of drug-likeness (QED) is 0.784. The van der Waals surface area contributed by atoms with Crippen molar-refractivity contribution in [1.82, 2.24) is 10.6 Å². The normalized spacial score (nSPS) is 47.5. The van der Waals surface area contributed by atoms with Crippen LogP contribution in [-0.4, -0.2) is 26.2 Å². The predicted octanol–water partition coefficient (Wildman–Crippen LogP) is 2.79. The zero-order chi connectivity index (χ0) is 12.8. The van der Waals surface area contributed by atoms with Crippen molar-refractivity contribution in [3.8, 4) is 0 Å². The summed E-state index contributed by atoms with van der Waals surface area (Å²) >= 11 is 0. The molecule has 18 heavy (non-hydrogen) atoms. The molecule has 4 saturated carbocycles. The van der Waals surface area contributed by atoms with Gasteiger partial charge in [-0.3, -0.25) is 0 Å². The summed E-state index contributed by atoms with van der Waals surface area (Å²) in [4.78, 5) is 0. The standard InChI is InChI=1S/C16H30N2/c1-12(9-17-3)18-11-16-7-13-4-14(8-16)6-15(2,5-13)10-16/h12-14,17-18H,4-11H2,1-3H3. The monoisotopic (exact) mass is 250 g/mol. The zero-order valence-corrected chi connectivity index (χ0v) is 12.4. The van der Waals surface area contributed by atoms with Gasteiger partial charge in [0.1, 0.15) is 0 Å². The number of likely N-dealkylation sites (N-methyl/N-ethyl adjacent to an activating group) is 1. The highest BCUT2D eigenvalue weighted by Gasteiger charge is 2.55. The highest BCUT2D eigenvalue weighted by Crippen LogP contribution is 2.64. The van der Waals surface area contributed by atoms with E-state index in [1.54, 1.807) is 6.42 Å². The lowest BCUT2D eigenvalue weighted by atomic mass is 9.44. The maximum Gasteiger partial charge on any atom is 0.0164 e. The first-order chi connectivity index (χ1) is 8.53. The summed E-state index contributed by atoms with van der Waals surface area (Å²) in [6.45, 7) is 7.22. The molecule has 104 valence electrons. The fraction of sp³-hybridized carbons (Fsp3) is 1.00. The molecule has 0 aromatic rings. The summed E-state index contributed by atoms with van der Waals surface area (Å²) in [6.07, 6.45) is 9.11. The molecule has 0 amide bonds. The van der Waals surface area contributed by atoms with E-state index in [0.29, 0.717) is 16.9 Å². The van der Waals surface area contributed by atoms with Gasteiger partial charge in [-0.25, -0.2) is 0 Å². The number of hydrogen-bond acceptors (Lipinski definition) is 2. The lowest BCUT2D eigenvalue weighted by Gasteiger charge is -2.61. The summed E-state index contributed by atoms with van der Waals surface area (Å²) in [6, 6.07) is 0.607. The van der Waals surface area contributed by atoms with E-state index >= 15 is 0 Å². The Balaban J connectivity index is 1.64. The minimum atomic E-state index is 0.607. The molecule has 3 unspecified atom stereocenters. The molecule has 0 aromatic heterocycles. The molecular weight excluding hydrogens is 220 g/mol. The smallest absolute Gasteiger partial charge is 0.0164 e. The molecule has 0 radical (unpaired) electrons. The molecule has 2 N–H and O–H groups in total.